The summed E-state index contributed by atoms with van der Waals surface area (Å²) >= 11 is 2.33. The second-order valence-corrected chi connectivity index (χ2v) is 13.3. The molecule has 0 bridgehead atoms. The van der Waals surface area contributed by atoms with Crippen LogP contribution in [-0.2, 0) is 40.1 Å². The molecule has 1 aromatic carbocycles. The molecule has 262 valence electrons. The summed E-state index contributed by atoms with van der Waals surface area (Å²) in [6.07, 6.45) is 3.31. The lowest BCUT2D eigenvalue weighted by atomic mass is 9.94. The van der Waals surface area contributed by atoms with E-state index in [1.165, 1.54) is 33.4 Å². The number of nitrogens with zero attached hydrogens (tertiary/aromatic N) is 4. The molecule has 3 aliphatic heterocycles. The molecule has 5 rings (SSSR count). The van der Waals surface area contributed by atoms with Gasteiger partial charge >= 0.3 is 23.8 Å². The highest BCUT2D eigenvalue weighted by Crippen LogP contribution is 2.45. The fraction of sp³-hybridized carbons (Fsp3) is 0.323. The van der Waals surface area contributed by atoms with E-state index in [2.05, 4.69) is 16.0 Å². The summed E-state index contributed by atoms with van der Waals surface area (Å²) in [4.78, 5) is 105. The molecule has 3 aliphatic rings. The second-order valence-electron chi connectivity index (χ2n) is 11.2. The Labute approximate surface area is 293 Å². The number of likely N-dealkylation sites (N-methyl/N-ethyl adjacent to an activating group) is 1. The van der Waals surface area contributed by atoms with Crippen molar-refractivity contribution in [3.63, 3.8) is 0 Å². The maximum absolute atomic E-state index is 13.9. The molecule has 2 fully saturated rings. The Morgan fingerprint density at radius 1 is 1.10 bits per heavy atom. The van der Waals surface area contributed by atoms with Gasteiger partial charge in [-0.15, -0.1) is 23.5 Å². The van der Waals surface area contributed by atoms with E-state index in [1.54, 1.807) is 49.6 Å². The third-order valence-electron chi connectivity index (χ3n) is 8.14. The van der Waals surface area contributed by atoms with E-state index >= 15 is 0 Å². The number of amides is 7. The van der Waals surface area contributed by atoms with E-state index < -0.39 is 64.4 Å². The summed E-state index contributed by atoms with van der Waals surface area (Å²) in [6.45, 7) is 1.69. The van der Waals surface area contributed by atoms with Crippen molar-refractivity contribution in [2.75, 3.05) is 31.1 Å². The summed E-state index contributed by atoms with van der Waals surface area (Å²) in [5.41, 5.74) is -1.94. The van der Waals surface area contributed by atoms with Crippen LogP contribution in [0.2, 0.25) is 0 Å². The number of pyridine rings is 1. The monoisotopic (exact) mass is 725 g/mol. The van der Waals surface area contributed by atoms with Crippen LogP contribution >= 0.6 is 23.5 Å². The number of urea groups is 1. The number of imide groups is 1. The molecule has 2 saturated heterocycles. The number of thioether (sulfide) groups is 2. The van der Waals surface area contributed by atoms with Gasteiger partial charge in [-0.3, -0.25) is 33.8 Å². The molecule has 4 heterocycles. The molecule has 1 aromatic heterocycles. The van der Waals surface area contributed by atoms with Crippen molar-refractivity contribution in [1.82, 2.24) is 30.7 Å². The van der Waals surface area contributed by atoms with Crippen molar-refractivity contribution in [3.05, 3.63) is 71.7 Å². The van der Waals surface area contributed by atoms with Crippen LogP contribution in [0, 0.1) is 0 Å². The van der Waals surface area contributed by atoms with E-state index in [9.17, 15) is 43.5 Å². The number of benzene rings is 1. The average Bonchev–Trinajstić information content (AvgIpc) is 3.10. The summed E-state index contributed by atoms with van der Waals surface area (Å²) in [7, 11) is 0. The molecule has 0 radical (unpaired) electrons. The maximum Gasteiger partial charge on any atom is 0.370 e. The van der Waals surface area contributed by atoms with E-state index in [0.29, 0.717) is 15.4 Å². The zero-order valence-corrected chi connectivity index (χ0v) is 28.0. The van der Waals surface area contributed by atoms with Crippen LogP contribution in [-0.4, -0.2) is 110 Å². The van der Waals surface area contributed by atoms with Crippen LogP contribution < -0.4 is 25.6 Å². The van der Waals surface area contributed by atoms with Gasteiger partial charge in [-0.25, -0.2) is 9.59 Å². The maximum atomic E-state index is 13.9. The van der Waals surface area contributed by atoms with Crippen LogP contribution in [0.3, 0.4) is 0 Å². The lowest BCUT2D eigenvalue weighted by Crippen LogP contribution is -2.85. The topological polar surface area (TPSA) is 230 Å². The third kappa shape index (κ3) is 6.99. The van der Waals surface area contributed by atoms with Gasteiger partial charge in [0.15, 0.2) is 12.4 Å². The van der Waals surface area contributed by atoms with Crippen molar-refractivity contribution in [2.45, 2.75) is 35.4 Å². The van der Waals surface area contributed by atoms with E-state index in [0.717, 1.165) is 16.7 Å². The second kappa shape index (κ2) is 15.0. The minimum Gasteiger partial charge on any atom is -0.543 e. The fourth-order valence-corrected chi connectivity index (χ4v) is 8.10. The fourth-order valence-electron chi connectivity index (χ4n) is 5.65. The predicted molar refractivity (Wildman–Crippen MR) is 172 cm³/mol. The number of carbonyl (C=O) groups excluding carboxylic acids is 7. The first kappa shape index (κ1) is 35.9. The van der Waals surface area contributed by atoms with Crippen molar-refractivity contribution in [2.24, 2.45) is 0 Å². The molecule has 50 heavy (non-hydrogen) atoms. The molecule has 1 unspecified atom stereocenters. The quantitative estimate of drug-likeness (QED) is 0.0430. The van der Waals surface area contributed by atoms with Crippen molar-refractivity contribution < 1.29 is 53.1 Å². The van der Waals surface area contributed by atoms with Gasteiger partial charge in [-0.05, 0) is 18.1 Å². The van der Waals surface area contributed by atoms with E-state index in [1.807, 2.05) is 0 Å². The molecule has 0 saturated carbocycles. The lowest BCUT2D eigenvalue weighted by molar-refractivity contribution is -0.686. The summed E-state index contributed by atoms with van der Waals surface area (Å²) in [5, 5.41) is 27.5. The van der Waals surface area contributed by atoms with E-state index in [4.69, 9.17) is 5.11 Å². The molecule has 4 N–H and O–H groups in total. The Bertz CT molecular complexity index is 1770. The molecule has 3 atom stereocenters. The van der Waals surface area contributed by atoms with Gasteiger partial charge in [0.05, 0.1) is 11.7 Å². The first-order valence-electron chi connectivity index (χ1n) is 15.1. The van der Waals surface area contributed by atoms with Gasteiger partial charge in [0, 0.05) is 48.2 Å². The highest BCUT2D eigenvalue weighted by atomic mass is 32.2. The minimum atomic E-state index is -2.11. The number of aliphatic carboxylic acids is 2. The summed E-state index contributed by atoms with van der Waals surface area (Å²) in [6, 6.07) is 8.63. The highest BCUT2D eigenvalue weighted by Gasteiger charge is 2.65. The van der Waals surface area contributed by atoms with Crippen LogP contribution in [0.15, 0.2) is 71.0 Å². The van der Waals surface area contributed by atoms with Crippen LogP contribution in [0.25, 0.3) is 0 Å². The summed E-state index contributed by atoms with van der Waals surface area (Å²) in [5.74, 6) is -6.34. The number of carbonyl (C=O) groups is 8. The van der Waals surface area contributed by atoms with Gasteiger partial charge in [0.25, 0.3) is 5.91 Å². The molecule has 0 aliphatic carbocycles. The number of hydrogen-bond acceptors (Lipinski definition) is 11. The van der Waals surface area contributed by atoms with E-state index in [-0.39, 0.29) is 49.7 Å². The zero-order valence-electron chi connectivity index (χ0n) is 26.4. The van der Waals surface area contributed by atoms with Crippen molar-refractivity contribution in [1.29, 1.82) is 0 Å². The third-order valence-corrected chi connectivity index (χ3v) is 10.6. The summed E-state index contributed by atoms with van der Waals surface area (Å²) < 4.78 is 1.45. The van der Waals surface area contributed by atoms with Gasteiger partial charge in [-0.1, -0.05) is 30.3 Å². The number of carboxylic acids is 2. The van der Waals surface area contributed by atoms with Gasteiger partial charge in [0.2, 0.25) is 24.5 Å². The first-order chi connectivity index (χ1) is 23.9. The van der Waals surface area contributed by atoms with Crippen molar-refractivity contribution in [3.8, 4) is 0 Å². The first-order valence-corrected chi connectivity index (χ1v) is 17.2. The number of rotatable bonds is 13. The lowest BCUT2D eigenvalue weighted by Gasteiger charge is -2.57. The van der Waals surface area contributed by atoms with Gasteiger partial charge < -0.3 is 35.9 Å². The normalized spacial score (nSPS) is 20.8. The Kier molecular flexibility index (Phi) is 10.8. The van der Waals surface area contributed by atoms with Gasteiger partial charge in [-0.2, -0.15) is 4.57 Å². The van der Waals surface area contributed by atoms with Crippen LogP contribution in [0.1, 0.15) is 18.5 Å². The zero-order chi connectivity index (χ0) is 36.2. The molecular weight excluding hydrogens is 695 g/mol. The number of fused-ring (bicyclic) bond motifs is 1. The number of hydrogen-bond donors (Lipinski definition) is 4. The van der Waals surface area contributed by atoms with Crippen LogP contribution in [0.4, 0.5) is 4.79 Å². The molecule has 2 aromatic rings. The smallest absolute Gasteiger partial charge is 0.370 e. The van der Waals surface area contributed by atoms with Crippen LogP contribution in [0.5, 0.6) is 0 Å². The number of piperazine rings is 1. The Morgan fingerprint density at radius 2 is 1.80 bits per heavy atom. The Hall–Kier alpha value is -5.43. The highest BCUT2D eigenvalue weighted by molar-refractivity contribution is 8.01. The predicted octanol–water partition coefficient (Wildman–Crippen LogP) is -2.23. The molecule has 7 amide bonds. The largest absolute Gasteiger partial charge is 0.543 e. The number of β-lactam (4-membered cyclic amide) rings is 1. The molecule has 19 heteroatoms. The standard InChI is InChI=1S/C31H31N7O10S2/c1-2-36-12-13-37(26(44)25(36)43)30(48)33-22(18-6-4-3-5-7-18)24(42)34-31(32-17-39)28(47)38-23(27(45)46)19(16-50-29(31)38)15-49-20-8-10-35(11-9-20)14-21(40)41/h3-11,17,22,29H,2,12-16H2,1H3,(H4-,32,33,34,39,40,41,42,45,46,48)/t22?,29-,31-/m1/s1. The molecule has 0 spiro atoms. The van der Waals surface area contributed by atoms with Gasteiger partial charge in [0.1, 0.15) is 11.4 Å². The SMILES string of the molecule is CCN1CCN(C(=O)NC(C(=O)N[C@]2(NC=O)C(=O)N3C(C(=O)[O-])=C(CSc4cc[n+](CC(=O)O)cc4)CS[C@@H]32)c2ccccc2)C(=O)C1=O. The minimum absolute atomic E-state index is 0.0769. The number of aromatic nitrogens is 1. The van der Waals surface area contributed by atoms with Crippen molar-refractivity contribution >= 4 is 71.5 Å². The number of nitrogens with one attached hydrogen (secondary N) is 3. The Morgan fingerprint density at radius 3 is 2.42 bits per heavy atom. The number of carboxylic acid groups (broad SMARTS) is 2. The molecular formula is C31H31N7O10S2. The molecule has 17 nitrogen and oxygen atoms in total. The average molecular weight is 726 g/mol. The Balaban J connectivity index is 1.36.